The van der Waals surface area contributed by atoms with Gasteiger partial charge >= 0.3 is 5.00 Å². The van der Waals surface area contributed by atoms with Gasteiger partial charge in [0.25, 0.3) is 5.91 Å². The van der Waals surface area contributed by atoms with Crippen molar-refractivity contribution in [2.24, 2.45) is 0 Å². The Morgan fingerprint density at radius 1 is 1.60 bits per heavy atom. The molecule has 0 fully saturated rings. The lowest BCUT2D eigenvalue weighted by Crippen LogP contribution is -2.23. The maximum absolute atomic E-state index is 11.4. The largest absolute Gasteiger partial charge is 0.351 e. The van der Waals surface area contributed by atoms with Gasteiger partial charge in [-0.1, -0.05) is 33.9 Å². The van der Waals surface area contributed by atoms with Gasteiger partial charge in [-0.15, -0.1) is 0 Å². The fourth-order valence-electron chi connectivity index (χ4n) is 0.904. The number of carbonyl (C=O) groups is 1. The molecule has 0 bridgehead atoms. The highest BCUT2D eigenvalue weighted by Crippen LogP contribution is 2.23. The number of halogens is 1. The van der Waals surface area contributed by atoms with Crippen LogP contribution in [0.25, 0.3) is 0 Å². The van der Waals surface area contributed by atoms with Crippen molar-refractivity contribution in [2.45, 2.75) is 6.42 Å². The lowest BCUT2D eigenvalue weighted by atomic mass is 10.4. The van der Waals surface area contributed by atoms with Gasteiger partial charge in [0.1, 0.15) is 0 Å². The molecule has 0 atom stereocenters. The van der Waals surface area contributed by atoms with Crippen LogP contribution in [-0.2, 0) is 0 Å². The fraction of sp³-hybridized carbons (Fsp3) is 0.375. The van der Waals surface area contributed by atoms with Crippen LogP contribution in [0, 0.1) is 10.1 Å². The quantitative estimate of drug-likeness (QED) is 0.294. The van der Waals surface area contributed by atoms with Gasteiger partial charge in [-0.05, 0) is 12.5 Å². The number of nitro groups is 1. The van der Waals surface area contributed by atoms with Crippen LogP contribution in [0.3, 0.4) is 0 Å². The fourth-order valence-corrected chi connectivity index (χ4v) is 2.02. The van der Waals surface area contributed by atoms with E-state index in [9.17, 15) is 14.9 Å². The molecule has 1 rings (SSSR count). The van der Waals surface area contributed by atoms with Gasteiger partial charge in [0.05, 0.1) is 9.80 Å². The number of thiophene rings is 1. The highest BCUT2D eigenvalue weighted by atomic mass is 127. The normalized spacial score (nSPS) is 9.93. The summed E-state index contributed by atoms with van der Waals surface area (Å²) in [6.07, 6.45) is 0.903. The lowest BCUT2D eigenvalue weighted by molar-refractivity contribution is -0.380. The Bertz CT molecular complexity index is 367. The third-order valence-electron chi connectivity index (χ3n) is 1.59. The van der Waals surface area contributed by atoms with Crippen molar-refractivity contribution in [1.82, 2.24) is 5.32 Å². The highest BCUT2D eigenvalue weighted by molar-refractivity contribution is 14.1. The second kappa shape index (κ2) is 6.01. The Kier molecular flexibility index (Phi) is 4.95. The average molecular weight is 340 g/mol. The summed E-state index contributed by atoms with van der Waals surface area (Å²) in [6, 6.07) is 2.82. The zero-order chi connectivity index (χ0) is 11.3. The van der Waals surface area contributed by atoms with Crippen LogP contribution in [0.4, 0.5) is 5.00 Å². The molecule has 0 radical (unpaired) electrons. The van der Waals surface area contributed by atoms with Gasteiger partial charge in [0, 0.05) is 17.0 Å². The van der Waals surface area contributed by atoms with E-state index in [1.165, 1.54) is 12.1 Å². The van der Waals surface area contributed by atoms with Crippen LogP contribution in [0.1, 0.15) is 16.1 Å². The van der Waals surface area contributed by atoms with Crippen LogP contribution < -0.4 is 5.32 Å². The van der Waals surface area contributed by atoms with Crippen molar-refractivity contribution in [1.29, 1.82) is 0 Å². The molecule has 7 heteroatoms. The Labute approximate surface area is 104 Å². The van der Waals surface area contributed by atoms with E-state index in [0.29, 0.717) is 11.4 Å². The van der Waals surface area contributed by atoms with Crippen molar-refractivity contribution >= 4 is 44.8 Å². The summed E-state index contributed by atoms with van der Waals surface area (Å²) < 4.78 is 0.975. The van der Waals surface area contributed by atoms with Gasteiger partial charge in [0.2, 0.25) is 0 Å². The second-order valence-corrected chi connectivity index (χ2v) is 4.83. The summed E-state index contributed by atoms with van der Waals surface area (Å²) in [5.41, 5.74) is 0. The SMILES string of the molecule is O=C(NCCCI)c1ccc([N+](=O)[O-])s1. The summed E-state index contributed by atoms with van der Waals surface area (Å²) in [4.78, 5) is 21.7. The Morgan fingerprint density at radius 2 is 2.33 bits per heavy atom. The number of hydrogen-bond donors (Lipinski definition) is 1. The molecule has 1 N–H and O–H groups in total. The molecule has 0 unspecified atom stereocenters. The number of carbonyl (C=O) groups excluding carboxylic acids is 1. The summed E-state index contributed by atoms with van der Waals surface area (Å²) in [6.45, 7) is 0.605. The lowest BCUT2D eigenvalue weighted by Gasteiger charge is -1.99. The molecule has 0 aliphatic carbocycles. The third kappa shape index (κ3) is 3.74. The van der Waals surface area contributed by atoms with Crippen molar-refractivity contribution < 1.29 is 9.72 Å². The van der Waals surface area contributed by atoms with Crippen LogP contribution in [0.15, 0.2) is 12.1 Å². The zero-order valence-corrected chi connectivity index (χ0v) is 10.7. The van der Waals surface area contributed by atoms with Gasteiger partial charge < -0.3 is 5.32 Å². The van der Waals surface area contributed by atoms with E-state index in [0.717, 1.165) is 22.2 Å². The van der Waals surface area contributed by atoms with E-state index in [-0.39, 0.29) is 10.9 Å². The summed E-state index contributed by atoms with van der Waals surface area (Å²) in [7, 11) is 0. The van der Waals surface area contributed by atoms with Gasteiger partial charge in [-0.25, -0.2) is 0 Å². The molecule has 1 amide bonds. The van der Waals surface area contributed by atoms with E-state index in [4.69, 9.17) is 0 Å². The molecule has 0 saturated carbocycles. The topological polar surface area (TPSA) is 72.2 Å². The molecule has 0 aliphatic rings. The number of rotatable bonds is 5. The third-order valence-corrected chi connectivity index (χ3v) is 3.39. The molecule has 82 valence electrons. The number of amides is 1. The van der Waals surface area contributed by atoms with Gasteiger partial charge in [-0.2, -0.15) is 0 Å². The van der Waals surface area contributed by atoms with Crippen LogP contribution in [0.2, 0.25) is 0 Å². The number of hydrogen-bond acceptors (Lipinski definition) is 4. The Morgan fingerprint density at radius 3 is 2.87 bits per heavy atom. The van der Waals surface area contributed by atoms with Gasteiger partial charge in [0.15, 0.2) is 0 Å². The molecule has 0 aliphatic heterocycles. The predicted molar refractivity (Wildman–Crippen MR) is 66.8 cm³/mol. The monoisotopic (exact) mass is 340 g/mol. The number of alkyl halides is 1. The molecule has 1 aromatic heterocycles. The number of nitrogens with zero attached hydrogens (tertiary/aromatic N) is 1. The molecule has 0 saturated heterocycles. The average Bonchev–Trinajstić information content (AvgIpc) is 2.66. The predicted octanol–water partition coefficient (Wildman–Crippen LogP) is 2.21. The van der Waals surface area contributed by atoms with Crippen molar-refractivity contribution in [2.75, 3.05) is 11.0 Å². The minimum atomic E-state index is -0.494. The Hall–Kier alpha value is -0.700. The number of nitrogens with one attached hydrogen (secondary N) is 1. The standard InChI is InChI=1S/C8H9IN2O3S/c9-4-1-5-10-8(12)6-2-3-7(15-6)11(13)14/h2-3H,1,4-5H2,(H,10,12). The van der Waals surface area contributed by atoms with E-state index in [1.807, 2.05) is 0 Å². The van der Waals surface area contributed by atoms with E-state index in [2.05, 4.69) is 27.9 Å². The zero-order valence-electron chi connectivity index (χ0n) is 7.73. The van der Waals surface area contributed by atoms with Crippen molar-refractivity contribution in [3.8, 4) is 0 Å². The first-order valence-corrected chi connectivity index (χ1v) is 6.57. The molecule has 0 spiro atoms. The maximum Gasteiger partial charge on any atom is 0.324 e. The summed E-state index contributed by atoms with van der Waals surface area (Å²) >= 11 is 3.12. The molecule has 5 nitrogen and oxygen atoms in total. The van der Waals surface area contributed by atoms with Gasteiger partial charge in [-0.3, -0.25) is 14.9 Å². The molecule has 15 heavy (non-hydrogen) atoms. The van der Waals surface area contributed by atoms with E-state index >= 15 is 0 Å². The summed E-state index contributed by atoms with van der Waals surface area (Å²) in [5.74, 6) is -0.238. The van der Waals surface area contributed by atoms with Crippen LogP contribution in [0.5, 0.6) is 0 Å². The first-order valence-electron chi connectivity index (χ1n) is 4.23. The highest BCUT2D eigenvalue weighted by Gasteiger charge is 2.14. The van der Waals surface area contributed by atoms with Crippen LogP contribution in [-0.4, -0.2) is 21.8 Å². The Balaban J connectivity index is 2.54. The van der Waals surface area contributed by atoms with Crippen molar-refractivity contribution in [3.63, 3.8) is 0 Å². The summed E-state index contributed by atoms with van der Waals surface area (Å²) in [5, 5.41) is 13.1. The van der Waals surface area contributed by atoms with Crippen LogP contribution >= 0.6 is 33.9 Å². The molecular weight excluding hydrogens is 331 g/mol. The van der Waals surface area contributed by atoms with Crippen molar-refractivity contribution in [3.05, 3.63) is 27.1 Å². The van der Waals surface area contributed by atoms with E-state index in [1.54, 1.807) is 0 Å². The first kappa shape index (κ1) is 12.4. The minimum absolute atomic E-state index is 0.00552. The minimum Gasteiger partial charge on any atom is -0.351 e. The smallest absolute Gasteiger partial charge is 0.324 e. The molecular formula is C8H9IN2O3S. The van der Waals surface area contributed by atoms with E-state index < -0.39 is 4.92 Å². The maximum atomic E-state index is 11.4. The molecule has 1 heterocycles. The second-order valence-electron chi connectivity index (χ2n) is 2.69. The first-order chi connectivity index (χ1) is 7.15. The molecule has 0 aromatic carbocycles. The molecule has 1 aromatic rings.